The van der Waals surface area contributed by atoms with Gasteiger partial charge in [0.05, 0.1) is 28.0 Å². The van der Waals surface area contributed by atoms with Gasteiger partial charge in [-0.3, -0.25) is 10.1 Å². The number of hydrogen-bond donors (Lipinski definition) is 0. The summed E-state index contributed by atoms with van der Waals surface area (Å²) < 4.78 is 11.8. The van der Waals surface area contributed by atoms with Crippen molar-refractivity contribution in [3.63, 3.8) is 0 Å². The molecule has 0 saturated heterocycles. The Balaban J connectivity index is 1.92. The smallest absolute Gasteiger partial charge is 0.435 e. The number of nitrogens with zero attached hydrogens (tertiary/aromatic N) is 3. The first-order chi connectivity index (χ1) is 12.1. The Bertz CT molecular complexity index is 935. The average Bonchev–Trinajstić information content (AvgIpc) is 2.99. The van der Waals surface area contributed by atoms with Crippen LogP contribution in [-0.2, 0) is 11.3 Å². The monoisotopic (exact) mass is 341 g/mol. The lowest BCUT2D eigenvalue weighted by Gasteiger charge is -2.04. The second-order valence-electron chi connectivity index (χ2n) is 5.11. The predicted molar refractivity (Wildman–Crippen MR) is 89.6 cm³/mol. The molecule has 0 radical (unpaired) electrons. The molecule has 2 aromatic carbocycles. The molecule has 0 aliphatic rings. The molecule has 8 heteroatoms. The van der Waals surface area contributed by atoms with Gasteiger partial charge in [-0.2, -0.15) is 4.68 Å². The number of benzene rings is 2. The van der Waals surface area contributed by atoms with Crippen LogP contribution < -0.4 is 4.74 Å². The molecular weight excluding hydrogens is 326 g/mol. The van der Waals surface area contributed by atoms with Gasteiger partial charge < -0.3 is 9.47 Å². The number of carbonyl (C=O) groups is 1. The maximum absolute atomic E-state index is 12.0. The number of carbonyl (C=O) groups excluding carboxylic acids is 1. The van der Waals surface area contributed by atoms with Gasteiger partial charge in [0.2, 0.25) is 5.88 Å². The first kappa shape index (κ1) is 16.4. The third kappa shape index (κ3) is 3.27. The van der Waals surface area contributed by atoms with E-state index in [0.29, 0.717) is 16.5 Å². The SMILES string of the molecule is CCOC(=O)n1nc(OCc2ccccc2[N+](=O)[O-])c2ccccc21. The van der Waals surface area contributed by atoms with E-state index in [2.05, 4.69) is 5.10 Å². The number of rotatable bonds is 5. The van der Waals surface area contributed by atoms with E-state index < -0.39 is 11.0 Å². The van der Waals surface area contributed by atoms with Crippen LogP contribution >= 0.6 is 0 Å². The van der Waals surface area contributed by atoms with Crippen molar-refractivity contribution in [2.24, 2.45) is 0 Å². The predicted octanol–water partition coefficient (Wildman–Crippen LogP) is 3.53. The quantitative estimate of drug-likeness (QED) is 0.520. The fraction of sp³-hybridized carbons (Fsp3) is 0.176. The summed E-state index contributed by atoms with van der Waals surface area (Å²) in [6.45, 7) is 1.88. The first-order valence-electron chi connectivity index (χ1n) is 7.61. The molecule has 3 rings (SSSR count). The molecule has 128 valence electrons. The minimum Gasteiger partial charge on any atom is -0.471 e. The molecule has 0 atom stereocenters. The van der Waals surface area contributed by atoms with Gasteiger partial charge >= 0.3 is 6.09 Å². The van der Waals surface area contributed by atoms with E-state index in [1.807, 2.05) is 0 Å². The Labute approximate surface area is 142 Å². The van der Waals surface area contributed by atoms with Crippen molar-refractivity contribution in [3.8, 4) is 5.88 Å². The van der Waals surface area contributed by atoms with Crippen LogP contribution in [0.4, 0.5) is 10.5 Å². The first-order valence-corrected chi connectivity index (χ1v) is 7.61. The van der Waals surface area contributed by atoms with E-state index in [4.69, 9.17) is 9.47 Å². The van der Waals surface area contributed by atoms with Crippen molar-refractivity contribution >= 4 is 22.7 Å². The van der Waals surface area contributed by atoms with Crippen molar-refractivity contribution < 1.29 is 19.2 Å². The molecule has 8 nitrogen and oxygen atoms in total. The van der Waals surface area contributed by atoms with E-state index >= 15 is 0 Å². The Kier molecular flexibility index (Phi) is 4.60. The zero-order valence-corrected chi connectivity index (χ0v) is 13.4. The Morgan fingerprint density at radius 3 is 2.68 bits per heavy atom. The van der Waals surface area contributed by atoms with E-state index in [9.17, 15) is 14.9 Å². The van der Waals surface area contributed by atoms with Crippen molar-refractivity contribution in [2.75, 3.05) is 6.61 Å². The lowest BCUT2D eigenvalue weighted by molar-refractivity contribution is -0.385. The zero-order valence-electron chi connectivity index (χ0n) is 13.4. The molecule has 0 aliphatic heterocycles. The fourth-order valence-corrected chi connectivity index (χ4v) is 2.43. The molecule has 25 heavy (non-hydrogen) atoms. The van der Waals surface area contributed by atoms with Gasteiger partial charge in [-0.05, 0) is 25.1 Å². The van der Waals surface area contributed by atoms with Crippen LogP contribution in [0.3, 0.4) is 0 Å². The maximum Gasteiger partial charge on any atom is 0.435 e. The second-order valence-corrected chi connectivity index (χ2v) is 5.11. The van der Waals surface area contributed by atoms with E-state index in [0.717, 1.165) is 4.68 Å². The summed E-state index contributed by atoms with van der Waals surface area (Å²) in [5, 5.41) is 15.8. The number of ether oxygens (including phenoxy) is 2. The highest BCUT2D eigenvalue weighted by atomic mass is 16.6. The minimum absolute atomic E-state index is 0.0309. The van der Waals surface area contributed by atoms with Crippen LogP contribution in [0, 0.1) is 10.1 Å². The number of fused-ring (bicyclic) bond motifs is 1. The van der Waals surface area contributed by atoms with E-state index in [1.165, 1.54) is 6.07 Å². The molecule has 0 saturated carbocycles. The summed E-state index contributed by atoms with van der Waals surface area (Å²) in [7, 11) is 0. The lowest BCUT2D eigenvalue weighted by Crippen LogP contribution is -2.14. The molecule has 0 amide bonds. The van der Waals surface area contributed by atoms with Crippen molar-refractivity contribution in [2.45, 2.75) is 13.5 Å². The van der Waals surface area contributed by atoms with Gasteiger partial charge in [-0.1, -0.05) is 24.3 Å². The zero-order chi connectivity index (χ0) is 17.8. The molecular formula is C17H15N3O5. The molecule has 0 spiro atoms. The van der Waals surface area contributed by atoms with Crippen molar-refractivity contribution in [1.29, 1.82) is 0 Å². The molecule has 0 N–H and O–H groups in total. The van der Waals surface area contributed by atoms with Gasteiger partial charge in [0.25, 0.3) is 5.69 Å². The highest BCUT2D eigenvalue weighted by Gasteiger charge is 2.19. The molecule has 0 fully saturated rings. The summed E-state index contributed by atoms with van der Waals surface area (Å²) in [6.07, 6.45) is -0.612. The summed E-state index contributed by atoms with van der Waals surface area (Å²) in [5.74, 6) is 0.210. The normalized spacial score (nSPS) is 10.6. The number of hydrogen-bond acceptors (Lipinski definition) is 6. The average molecular weight is 341 g/mol. The third-order valence-corrected chi connectivity index (χ3v) is 3.55. The fourth-order valence-electron chi connectivity index (χ4n) is 2.43. The van der Waals surface area contributed by atoms with Gasteiger partial charge in [0.15, 0.2) is 0 Å². The summed E-state index contributed by atoms with van der Waals surface area (Å²) >= 11 is 0. The number of nitro groups is 1. The third-order valence-electron chi connectivity index (χ3n) is 3.55. The van der Waals surface area contributed by atoms with Crippen LogP contribution in [-0.4, -0.2) is 27.4 Å². The van der Waals surface area contributed by atoms with E-state index in [1.54, 1.807) is 49.4 Å². The number of para-hydroxylation sites is 2. The van der Waals surface area contributed by atoms with Crippen molar-refractivity contribution in [3.05, 3.63) is 64.2 Å². The van der Waals surface area contributed by atoms with E-state index in [-0.39, 0.29) is 24.8 Å². The maximum atomic E-state index is 12.0. The van der Waals surface area contributed by atoms with Crippen LogP contribution in [0.5, 0.6) is 5.88 Å². The number of nitro benzene ring substituents is 1. The van der Waals surface area contributed by atoms with Gasteiger partial charge in [0.1, 0.15) is 6.61 Å². The standard InChI is InChI=1S/C17H15N3O5/c1-2-24-17(21)19-15-10-6-4-8-13(15)16(18-19)25-11-12-7-3-5-9-14(12)20(22)23/h3-10H,2,11H2,1H3. The van der Waals surface area contributed by atoms with Gasteiger partial charge in [-0.25, -0.2) is 4.79 Å². The molecule has 0 unspecified atom stereocenters. The minimum atomic E-state index is -0.612. The molecule has 0 bridgehead atoms. The largest absolute Gasteiger partial charge is 0.471 e. The summed E-state index contributed by atoms with van der Waals surface area (Å²) in [6, 6.07) is 13.3. The molecule has 0 aliphatic carbocycles. The molecule has 3 aromatic rings. The molecule has 1 heterocycles. The topological polar surface area (TPSA) is 96.5 Å². The van der Waals surface area contributed by atoms with Gasteiger partial charge in [0, 0.05) is 6.07 Å². The van der Waals surface area contributed by atoms with Crippen LogP contribution in [0.15, 0.2) is 48.5 Å². The second kappa shape index (κ2) is 7.00. The van der Waals surface area contributed by atoms with Crippen LogP contribution in [0.1, 0.15) is 12.5 Å². The number of aromatic nitrogens is 2. The molecule has 1 aromatic heterocycles. The van der Waals surface area contributed by atoms with Crippen LogP contribution in [0.2, 0.25) is 0 Å². The van der Waals surface area contributed by atoms with Crippen molar-refractivity contribution in [1.82, 2.24) is 9.78 Å². The van der Waals surface area contributed by atoms with Crippen LogP contribution in [0.25, 0.3) is 10.9 Å². The highest BCUT2D eigenvalue weighted by molar-refractivity contribution is 5.91. The Morgan fingerprint density at radius 2 is 1.92 bits per heavy atom. The summed E-state index contributed by atoms with van der Waals surface area (Å²) in [4.78, 5) is 22.6. The lowest BCUT2D eigenvalue weighted by atomic mass is 10.2. The van der Waals surface area contributed by atoms with Gasteiger partial charge in [-0.15, -0.1) is 5.10 Å². The Morgan fingerprint density at radius 1 is 1.20 bits per heavy atom. The highest BCUT2D eigenvalue weighted by Crippen LogP contribution is 2.27. The Hall–Kier alpha value is -3.42. The summed E-state index contributed by atoms with van der Waals surface area (Å²) in [5.41, 5.74) is 0.928.